The lowest BCUT2D eigenvalue weighted by Gasteiger charge is -2.20. The number of carbonyl (C=O) groups excluding carboxylic acids is 1. The van der Waals surface area contributed by atoms with E-state index in [-0.39, 0.29) is 11.7 Å². The second kappa shape index (κ2) is 11.6. The number of ketones is 1. The molecule has 0 saturated heterocycles. The predicted molar refractivity (Wildman–Crippen MR) is 152 cm³/mol. The first-order valence-corrected chi connectivity index (χ1v) is 13.3. The van der Waals surface area contributed by atoms with E-state index in [9.17, 15) is 10.0 Å². The number of aliphatic carboxylic acids is 1. The van der Waals surface area contributed by atoms with Gasteiger partial charge in [0, 0.05) is 57.9 Å². The molecule has 0 bridgehead atoms. The Morgan fingerprint density at radius 1 is 0.974 bits per heavy atom. The van der Waals surface area contributed by atoms with Crippen molar-refractivity contribution in [2.75, 3.05) is 0 Å². The molecule has 0 spiro atoms. The molecule has 5 rings (SSSR count). The molecule has 0 radical (unpaired) electrons. The minimum Gasteiger partial charge on any atom is -0.481 e. The van der Waals surface area contributed by atoms with Gasteiger partial charge in [-0.1, -0.05) is 55.3 Å². The number of rotatable bonds is 6. The lowest BCUT2D eigenvalue weighted by Crippen LogP contribution is -2.20. The van der Waals surface area contributed by atoms with Crippen molar-refractivity contribution in [1.29, 1.82) is 0 Å². The maximum atomic E-state index is 13.3. The Labute approximate surface area is 223 Å². The average molecular weight is 513 g/mol. The molecule has 1 aromatic heterocycles. The number of benzene rings is 3. The van der Waals surface area contributed by atoms with E-state index in [0.29, 0.717) is 11.5 Å². The third-order valence-corrected chi connectivity index (χ3v) is 7.77. The van der Waals surface area contributed by atoms with E-state index in [4.69, 9.17) is 9.90 Å². The van der Waals surface area contributed by atoms with Crippen LogP contribution in [0.15, 0.2) is 65.8 Å². The van der Waals surface area contributed by atoms with Gasteiger partial charge < -0.3 is 14.9 Å². The highest BCUT2D eigenvalue weighted by atomic mass is 16.4. The highest BCUT2D eigenvalue weighted by Gasteiger charge is 2.27. The normalized spacial score (nSPS) is 14.9. The fraction of sp³-hybridized carbons (Fsp3) is 0.344. The smallest absolute Gasteiger partial charge is 0.300 e. The average Bonchev–Trinajstić information content (AvgIpc) is 3.55. The van der Waals surface area contributed by atoms with Crippen LogP contribution in [-0.2, 0) is 11.3 Å². The van der Waals surface area contributed by atoms with Crippen LogP contribution in [0.3, 0.4) is 0 Å². The zero-order valence-electron chi connectivity index (χ0n) is 22.6. The van der Waals surface area contributed by atoms with Crippen molar-refractivity contribution in [1.82, 2.24) is 4.57 Å². The summed E-state index contributed by atoms with van der Waals surface area (Å²) in [4.78, 5) is 22.3. The molecule has 1 heterocycles. The number of carboxylic acids is 1. The fourth-order valence-electron chi connectivity index (χ4n) is 5.82. The van der Waals surface area contributed by atoms with E-state index in [1.807, 2.05) is 43.3 Å². The summed E-state index contributed by atoms with van der Waals surface area (Å²) in [5, 5.41) is 23.3. The number of nitrogens with zero attached hydrogens (tertiary/aromatic N) is 2. The highest BCUT2D eigenvalue weighted by Crippen LogP contribution is 2.35. The minimum absolute atomic E-state index is 0.0426. The largest absolute Gasteiger partial charge is 0.481 e. The summed E-state index contributed by atoms with van der Waals surface area (Å²) in [6, 6.07) is 20.1. The summed E-state index contributed by atoms with van der Waals surface area (Å²) in [5.74, 6) is -0.0133. The molecule has 1 atom stereocenters. The molecule has 1 saturated carbocycles. The molecule has 0 aliphatic heterocycles. The SMILES string of the molecule is CC(=O)O.CCn1c2ccc(C(=O)c3ccccc3C)cc2c2cc(C(=NO)C(C)C3CCCC3)ccc21. The highest BCUT2D eigenvalue weighted by molar-refractivity contribution is 6.16. The van der Waals surface area contributed by atoms with Gasteiger partial charge in [-0.2, -0.15) is 0 Å². The monoisotopic (exact) mass is 512 g/mol. The molecule has 1 aliphatic carbocycles. The van der Waals surface area contributed by atoms with E-state index in [0.717, 1.165) is 57.7 Å². The molecule has 6 nitrogen and oxygen atoms in total. The van der Waals surface area contributed by atoms with E-state index in [1.165, 1.54) is 25.7 Å². The van der Waals surface area contributed by atoms with Gasteiger partial charge in [0.2, 0.25) is 0 Å². The first-order chi connectivity index (χ1) is 18.3. The molecule has 6 heteroatoms. The first-order valence-electron chi connectivity index (χ1n) is 13.3. The maximum absolute atomic E-state index is 13.3. The van der Waals surface area contributed by atoms with Crippen molar-refractivity contribution in [3.05, 3.63) is 82.9 Å². The third kappa shape index (κ3) is 5.35. The Morgan fingerprint density at radius 3 is 2.08 bits per heavy atom. The number of carbonyl (C=O) groups is 2. The number of carboxylic acid groups (broad SMARTS) is 1. The number of oxime groups is 1. The van der Waals surface area contributed by atoms with Crippen LogP contribution in [0.25, 0.3) is 21.8 Å². The zero-order valence-corrected chi connectivity index (χ0v) is 22.6. The lowest BCUT2D eigenvalue weighted by atomic mass is 9.85. The van der Waals surface area contributed by atoms with Gasteiger partial charge in [-0.05, 0) is 68.5 Å². The second-order valence-electron chi connectivity index (χ2n) is 10.2. The van der Waals surface area contributed by atoms with Gasteiger partial charge in [0.05, 0.1) is 5.71 Å². The Balaban J connectivity index is 0.000000786. The molecule has 1 unspecified atom stereocenters. The van der Waals surface area contributed by atoms with Gasteiger partial charge in [0.25, 0.3) is 5.97 Å². The van der Waals surface area contributed by atoms with Gasteiger partial charge in [0.1, 0.15) is 0 Å². The molecule has 0 amide bonds. The van der Waals surface area contributed by atoms with Crippen molar-refractivity contribution in [2.24, 2.45) is 17.0 Å². The summed E-state index contributed by atoms with van der Waals surface area (Å²) in [6.45, 7) is 8.22. The number of fused-ring (bicyclic) bond motifs is 3. The van der Waals surface area contributed by atoms with Crippen LogP contribution in [-0.4, -0.2) is 32.3 Å². The van der Waals surface area contributed by atoms with Gasteiger partial charge >= 0.3 is 0 Å². The van der Waals surface area contributed by atoms with Crippen LogP contribution < -0.4 is 0 Å². The number of aryl methyl sites for hydroxylation is 2. The van der Waals surface area contributed by atoms with E-state index >= 15 is 0 Å². The van der Waals surface area contributed by atoms with Crippen LogP contribution in [0.1, 0.15) is 73.5 Å². The predicted octanol–water partition coefficient (Wildman–Crippen LogP) is 7.45. The third-order valence-electron chi connectivity index (χ3n) is 7.77. The molecule has 1 aliphatic rings. The Hall–Kier alpha value is -3.93. The topological polar surface area (TPSA) is 91.9 Å². The van der Waals surface area contributed by atoms with Crippen LogP contribution in [0.5, 0.6) is 0 Å². The van der Waals surface area contributed by atoms with Crippen molar-refractivity contribution in [3.8, 4) is 0 Å². The van der Waals surface area contributed by atoms with Gasteiger partial charge in [-0.25, -0.2) is 0 Å². The summed E-state index contributed by atoms with van der Waals surface area (Å²) in [7, 11) is 0. The van der Waals surface area contributed by atoms with Gasteiger partial charge in [0.15, 0.2) is 5.78 Å². The molecule has 38 heavy (non-hydrogen) atoms. The summed E-state index contributed by atoms with van der Waals surface area (Å²) >= 11 is 0. The Morgan fingerprint density at radius 2 is 1.53 bits per heavy atom. The molecule has 3 aromatic carbocycles. The minimum atomic E-state index is -0.833. The van der Waals surface area contributed by atoms with E-state index in [1.54, 1.807) is 0 Å². The van der Waals surface area contributed by atoms with Crippen molar-refractivity contribution in [2.45, 2.75) is 59.9 Å². The van der Waals surface area contributed by atoms with Crippen LogP contribution in [0.2, 0.25) is 0 Å². The quantitative estimate of drug-likeness (QED) is 0.121. The van der Waals surface area contributed by atoms with E-state index < -0.39 is 5.97 Å². The molecular formula is C32H36N2O4. The van der Waals surface area contributed by atoms with Crippen molar-refractivity contribution < 1.29 is 19.9 Å². The molecule has 198 valence electrons. The second-order valence-corrected chi connectivity index (χ2v) is 10.2. The molecule has 1 fully saturated rings. The first kappa shape index (κ1) is 27.1. The van der Waals surface area contributed by atoms with Crippen LogP contribution in [0.4, 0.5) is 0 Å². The van der Waals surface area contributed by atoms with Crippen molar-refractivity contribution in [3.63, 3.8) is 0 Å². The van der Waals surface area contributed by atoms with Gasteiger partial charge in [-0.3, -0.25) is 9.59 Å². The Kier molecular flexibility index (Phi) is 8.30. The van der Waals surface area contributed by atoms with Crippen LogP contribution >= 0.6 is 0 Å². The Bertz CT molecular complexity index is 1500. The van der Waals surface area contributed by atoms with Crippen molar-refractivity contribution >= 4 is 39.3 Å². The maximum Gasteiger partial charge on any atom is 0.300 e. The molecule has 4 aromatic rings. The molecular weight excluding hydrogens is 476 g/mol. The van der Waals surface area contributed by atoms with Crippen LogP contribution in [0, 0.1) is 18.8 Å². The summed E-state index contributed by atoms with van der Waals surface area (Å²) < 4.78 is 2.28. The number of hydrogen-bond donors (Lipinski definition) is 2. The van der Waals surface area contributed by atoms with E-state index in [2.05, 4.69) is 47.8 Å². The number of aromatic nitrogens is 1. The molecule has 2 N–H and O–H groups in total. The lowest BCUT2D eigenvalue weighted by molar-refractivity contribution is -0.134. The standard InChI is InChI=1S/C30H32N2O2.C2H4O2/c1-4-32-27-15-13-22(29(31-34)20(3)21-10-6-7-11-21)17-25(27)26-18-23(14-16-28(26)32)30(33)24-12-8-5-9-19(24)2;1-2(3)4/h5,8-9,12-18,20-21,34H,4,6-7,10-11H2,1-3H3;1H3,(H,3,4). The summed E-state index contributed by atoms with van der Waals surface area (Å²) in [5.41, 5.74) is 6.38. The number of hydrogen-bond acceptors (Lipinski definition) is 4. The zero-order chi connectivity index (χ0) is 27.4. The summed E-state index contributed by atoms with van der Waals surface area (Å²) in [6.07, 6.45) is 4.91. The van der Waals surface area contributed by atoms with Gasteiger partial charge in [-0.15, -0.1) is 0 Å². The fourth-order valence-corrected chi connectivity index (χ4v) is 5.82.